The van der Waals surface area contributed by atoms with Gasteiger partial charge in [-0.1, -0.05) is 6.92 Å². The van der Waals surface area contributed by atoms with Crippen LogP contribution in [0.4, 0.5) is 0 Å². The van der Waals surface area contributed by atoms with Gasteiger partial charge in [0.2, 0.25) is 0 Å². The number of likely N-dealkylation sites (tertiary alicyclic amines) is 1. The smallest absolute Gasteiger partial charge is 0.258 e. The zero-order valence-electron chi connectivity index (χ0n) is 13.8. The maximum atomic E-state index is 12.6. The number of carbonyl (C=O) groups is 1. The fourth-order valence-electron chi connectivity index (χ4n) is 2.97. The molecular formula is C16H25BrN2O4. The molecule has 1 aliphatic rings. The molecule has 1 amide bonds. The first-order valence-corrected chi connectivity index (χ1v) is 8.34. The fourth-order valence-corrected chi connectivity index (χ4v) is 3.46. The molecule has 1 aromatic carbocycles. The number of amides is 1. The summed E-state index contributed by atoms with van der Waals surface area (Å²) in [5.41, 5.74) is 0.431. The third-order valence-electron chi connectivity index (χ3n) is 4.13. The first kappa shape index (κ1) is 19.7. The van der Waals surface area contributed by atoms with Crippen molar-refractivity contribution < 1.29 is 19.7 Å². The van der Waals surface area contributed by atoms with Gasteiger partial charge in [0.15, 0.2) is 0 Å². The van der Waals surface area contributed by atoms with Crippen molar-refractivity contribution in [3.05, 3.63) is 22.2 Å². The largest absolute Gasteiger partial charge is 0.496 e. The number of ether oxygens (including phenoxy) is 2. The summed E-state index contributed by atoms with van der Waals surface area (Å²) in [4.78, 5) is 15.0. The van der Waals surface area contributed by atoms with E-state index in [1.54, 1.807) is 20.3 Å². The molecule has 1 aromatic rings. The topological polar surface area (TPSA) is 82.3 Å². The Morgan fingerprint density at radius 1 is 1.39 bits per heavy atom. The second-order valence-corrected chi connectivity index (χ2v) is 6.15. The summed E-state index contributed by atoms with van der Waals surface area (Å²) in [6, 6.07) is 3.98. The van der Waals surface area contributed by atoms with Crippen LogP contribution in [-0.4, -0.2) is 56.2 Å². The zero-order chi connectivity index (χ0) is 16.1. The molecule has 0 aromatic heterocycles. The molecule has 1 atom stereocenters. The third-order valence-corrected chi connectivity index (χ3v) is 4.75. The lowest BCUT2D eigenvalue weighted by atomic mass is 10.1. The SMILES string of the molecule is CCN1CCC[C@H]1CNC(=O)c1c(OC)ccc(Br)c1OC.O. The number of hydrogen-bond acceptors (Lipinski definition) is 4. The van der Waals surface area contributed by atoms with Crippen molar-refractivity contribution >= 4 is 21.8 Å². The number of likely N-dealkylation sites (N-methyl/N-ethyl adjacent to an activating group) is 1. The molecule has 0 saturated carbocycles. The van der Waals surface area contributed by atoms with E-state index < -0.39 is 0 Å². The first-order valence-electron chi connectivity index (χ1n) is 7.55. The second-order valence-electron chi connectivity index (χ2n) is 5.29. The molecule has 0 bridgehead atoms. The van der Waals surface area contributed by atoms with Crippen molar-refractivity contribution in [2.75, 3.05) is 33.9 Å². The molecule has 7 heteroatoms. The summed E-state index contributed by atoms with van der Waals surface area (Å²) in [6.07, 6.45) is 2.32. The monoisotopic (exact) mass is 388 g/mol. The molecule has 6 nitrogen and oxygen atoms in total. The van der Waals surface area contributed by atoms with Gasteiger partial charge in [-0.25, -0.2) is 0 Å². The number of halogens is 1. The highest BCUT2D eigenvalue weighted by atomic mass is 79.9. The van der Waals surface area contributed by atoms with Gasteiger partial charge in [0, 0.05) is 12.6 Å². The molecule has 0 aliphatic carbocycles. The minimum atomic E-state index is -0.169. The van der Waals surface area contributed by atoms with Gasteiger partial charge >= 0.3 is 0 Å². The van der Waals surface area contributed by atoms with Crippen LogP contribution in [0.3, 0.4) is 0 Å². The van der Waals surface area contributed by atoms with E-state index in [9.17, 15) is 4.79 Å². The molecule has 130 valence electrons. The molecule has 1 aliphatic heterocycles. The predicted molar refractivity (Wildman–Crippen MR) is 93.5 cm³/mol. The molecule has 23 heavy (non-hydrogen) atoms. The van der Waals surface area contributed by atoms with Crippen LogP contribution >= 0.6 is 15.9 Å². The van der Waals surface area contributed by atoms with Crippen molar-refractivity contribution in [2.24, 2.45) is 0 Å². The zero-order valence-corrected chi connectivity index (χ0v) is 15.4. The number of rotatable bonds is 6. The molecule has 0 spiro atoms. The summed E-state index contributed by atoms with van der Waals surface area (Å²) in [6.45, 7) is 4.93. The highest BCUT2D eigenvalue weighted by Gasteiger charge is 2.25. The van der Waals surface area contributed by atoms with E-state index in [2.05, 4.69) is 33.1 Å². The van der Waals surface area contributed by atoms with Crippen LogP contribution in [-0.2, 0) is 0 Å². The van der Waals surface area contributed by atoms with Gasteiger partial charge in [0.1, 0.15) is 17.1 Å². The Morgan fingerprint density at radius 2 is 2.13 bits per heavy atom. The Labute approximate surface area is 145 Å². The summed E-state index contributed by atoms with van der Waals surface area (Å²) in [5, 5.41) is 3.02. The van der Waals surface area contributed by atoms with Crippen molar-refractivity contribution in [1.29, 1.82) is 0 Å². The number of carbonyl (C=O) groups excluding carboxylic acids is 1. The van der Waals surface area contributed by atoms with Crippen LogP contribution in [0.2, 0.25) is 0 Å². The lowest BCUT2D eigenvalue weighted by Crippen LogP contribution is -2.40. The quantitative estimate of drug-likeness (QED) is 0.805. The van der Waals surface area contributed by atoms with E-state index in [0.29, 0.717) is 29.6 Å². The normalized spacial score (nSPS) is 17.5. The first-order chi connectivity index (χ1) is 10.6. The Morgan fingerprint density at radius 3 is 2.74 bits per heavy atom. The van der Waals surface area contributed by atoms with Gasteiger partial charge in [-0.3, -0.25) is 9.69 Å². The number of hydrogen-bond donors (Lipinski definition) is 1. The van der Waals surface area contributed by atoms with Gasteiger partial charge in [0.25, 0.3) is 5.91 Å². The number of nitrogens with zero attached hydrogens (tertiary/aromatic N) is 1. The van der Waals surface area contributed by atoms with Gasteiger partial charge in [0.05, 0.1) is 18.7 Å². The maximum absolute atomic E-state index is 12.6. The Balaban J connectivity index is 0.00000264. The lowest BCUT2D eigenvalue weighted by molar-refractivity contribution is 0.0935. The van der Waals surface area contributed by atoms with Gasteiger partial charge in [-0.2, -0.15) is 0 Å². The summed E-state index contributed by atoms with van der Waals surface area (Å²) in [7, 11) is 3.10. The van der Waals surface area contributed by atoms with Crippen LogP contribution in [0.15, 0.2) is 16.6 Å². The van der Waals surface area contributed by atoms with Crippen LogP contribution < -0.4 is 14.8 Å². The minimum Gasteiger partial charge on any atom is -0.496 e. The molecule has 1 heterocycles. The number of benzene rings is 1. The van der Waals surface area contributed by atoms with Crippen LogP contribution in [0.25, 0.3) is 0 Å². The molecule has 1 fully saturated rings. The van der Waals surface area contributed by atoms with E-state index in [1.165, 1.54) is 6.42 Å². The van der Waals surface area contributed by atoms with Gasteiger partial charge in [-0.05, 0) is 54.0 Å². The average molecular weight is 389 g/mol. The van der Waals surface area contributed by atoms with E-state index in [-0.39, 0.29) is 11.4 Å². The molecule has 0 unspecified atom stereocenters. The predicted octanol–water partition coefficient (Wildman–Crippen LogP) is 1.86. The Hall–Kier alpha value is -1.31. The van der Waals surface area contributed by atoms with Crippen molar-refractivity contribution in [3.63, 3.8) is 0 Å². The lowest BCUT2D eigenvalue weighted by Gasteiger charge is -2.23. The number of methoxy groups -OCH3 is 2. The Bertz CT molecular complexity index is 539. The minimum absolute atomic E-state index is 0. The van der Waals surface area contributed by atoms with Crippen molar-refractivity contribution in [3.8, 4) is 11.5 Å². The van der Waals surface area contributed by atoms with Gasteiger partial charge in [-0.15, -0.1) is 0 Å². The van der Waals surface area contributed by atoms with Crippen molar-refractivity contribution in [1.82, 2.24) is 10.2 Å². The van der Waals surface area contributed by atoms with E-state index in [4.69, 9.17) is 9.47 Å². The van der Waals surface area contributed by atoms with E-state index >= 15 is 0 Å². The van der Waals surface area contributed by atoms with E-state index in [1.807, 2.05) is 6.07 Å². The maximum Gasteiger partial charge on any atom is 0.258 e. The highest BCUT2D eigenvalue weighted by molar-refractivity contribution is 9.10. The van der Waals surface area contributed by atoms with Crippen LogP contribution in [0.5, 0.6) is 11.5 Å². The van der Waals surface area contributed by atoms with Crippen LogP contribution in [0, 0.1) is 0 Å². The van der Waals surface area contributed by atoms with Crippen LogP contribution in [0.1, 0.15) is 30.1 Å². The summed E-state index contributed by atoms with van der Waals surface area (Å²) >= 11 is 3.41. The molecule has 3 N–H and O–H groups in total. The second kappa shape index (κ2) is 9.10. The highest BCUT2D eigenvalue weighted by Crippen LogP contribution is 2.35. The summed E-state index contributed by atoms with van der Waals surface area (Å²) < 4.78 is 11.4. The van der Waals surface area contributed by atoms with E-state index in [0.717, 1.165) is 24.0 Å². The molecule has 2 rings (SSSR count). The van der Waals surface area contributed by atoms with Crippen molar-refractivity contribution in [2.45, 2.75) is 25.8 Å². The fraction of sp³-hybridized carbons (Fsp3) is 0.562. The third kappa shape index (κ3) is 4.37. The molecular weight excluding hydrogens is 364 g/mol. The number of nitrogens with one attached hydrogen (secondary N) is 1. The Kier molecular flexibility index (Phi) is 7.81. The molecule has 0 radical (unpaired) electrons. The van der Waals surface area contributed by atoms with Gasteiger partial charge < -0.3 is 20.3 Å². The molecule has 1 saturated heterocycles. The standard InChI is InChI=1S/C16H23BrN2O3.H2O/c1-4-19-9-5-6-11(19)10-18-16(20)14-13(21-2)8-7-12(17)15(14)22-3;/h7-8,11H,4-6,9-10H2,1-3H3,(H,18,20);1H2/t11-;/m0./s1. The average Bonchev–Trinajstić information content (AvgIpc) is 2.99. The summed E-state index contributed by atoms with van der Waals surface area (Å²) in [5.74, 6) is 0.838.